The fourth-order valence-electron chi connectivity index (χ4n) is 2.65. The van der Waals surface area contributed by atoms with Crippen LogP contribution in [0, 0.1) is 0 Å². The lowest BCUT2D eigenvalue weighted by atomic mass is 9.84. The van der Waals surface area contributed by atoms with Crippen molar-refractivity contribution in [1.29, 1.82) is 0 Å². The topological polar surface area (TPSA) is 43.8 Å². The maximum absolute atomic E-state index is 6.20. The quantitative estimate of drug-likeness (QED) is 0.900. The highest BCUT2D eigenvalue weighted by Gasteiger charge is 2.27. The summed E-state index contributed by atoms with van der Waals surface area (Å²) in [5, 5.41) is 0. The zero-order valence-electron chi connectivity index (χ0n) is 11.2. The van der Waals surface area contributed by atoms with E-state index in [1.165, 1.54) is 30.6 Å². The molecule has 18 heavy (non-hydrogen) atoms. The molecule has 3 nitrogen and oxygen atoms in total. The Morgan fingerprint density at radius 2 is 2.06 bits per heavy atom. The molecule has 3 rings (SSSR count). The van der Waals surface area contributed by atoms with Gasteiger partial charge in [-0.15, -0.1) is 0 Å². The van der Waals surface area contributed by atoms with Crippen molar-refractivity contribution in [3.63, 3.8) is 0 Å². The number of nitrogens with two attached hydrogens (primary N) is 1. The van der Waals surface area contributed by atoms with E-state index in [0.29, 0.717) is 5.92 Å². The number of fused-ring (bicyclic) bond motifs is 1. The Morgan fingerprint density at radius 3 is 2.67 bits per heavy atom. The predicted octanol–water partition coefficient (Wildman–Crippen LogP) is 3.04. The summed E-state index contributed by atoms with van der Waals surface area (Å²) >= 11 is 0. The van der Waals surface area contributed by atoms with E-state index in [0.717, 1.165) is 12.1 Å². The molecule has 1 aliphatic rings. The number of aromatic nitrogens is 2. The summed E-state index contributed by atoms with van der Waals surface area (Å²) in [7, 11) is 0. The van der Waals surface area contributed by atoms with Crippen LogP contribution in [0.15, 0.2) is 24.3 Å². The number of hydrogen-bond donors (Lipinski definition) is 1. The molecule has 3 heteroatoms. The molecule has 0 atom stereocenters. The van der Waals surface area contributed by atoms with Crippen LogP contribution in [-0.2, 0) is 6.54 Å². The smallest absolute Gasteiger partial charge is 0.113 e. The van der Waals surface area contributed by atoms with Gasteiger partial charge in [-0.25, -0.2) is 4.98 Å². The monoisotopic (exact) mass is 243 g/mol. The van der Waals surface area contributed by atoms with Crippen molar-refractivity contribution in [2.45, 2.75) is 51.1 Å². The first kappa shape index (κ1) is 11.7. The van der Waals surface area contributed by atoms with Crippen LogP contribution in [0.25, 0.3) is 11.0 Å². The first-order valence-corrected chi connectivity index (χ1v) is 6.79. The average molecular weight is 243 g/mol. The van der Waals surface area contributed by atoms with E-state index >= 15 is 0 Å². The summed E-state index contributed by atoms with van der Waals surface area (Å²) in [6, 6.07) is 8.38. The van der Waals surface area contributed by atoms with Crippen LogP contribution in [0.2, 0.25) is 0 Å². The summed E-state index contributed by atoms with van der Waals surface area (Å²) in [5.74, 6) is 1.88. The van der Waals surface area contributed by atoms with Gasteiger partial charge in [0.25, 0.3) is 0 Å². The molecule has 1 heterocycles. The molecule has 0 spiro atoms. The van der Waals surface area contributed by atoms with Gasteiger partial charge in [0.1, 0.15) is 5.82 Å². The molecule has 2 N–H and O–H groups in total. The molecule has 1 aromatic carbocycles. The van der Waals surface area contributed by atoms with Gasteiger partial charge in [0.15, 0.2) is 0 Å². The Bertz CT molecular complexity index is 559. The summed E-state index contributed by atoms with van der Waals surface area (Å²) in [6.45, 7) is 4.98. The highest BCUT2D eigenvalue weighted by Crippen LogP contribution is 2.37. The van der Waals surface area contributed by atoms with E-state index in [9.17, 15) is 0 Å². The van der Waals surface area contributed by atoms with Crippen LogP contribution < -0.4 is 5.73 Å². The van der Waals surface area contributed by atoms with Crippen LogP contribution in [0.5, 0.6) is 0 Å². The second-order valence-electron chi connectivity index (χ2n) is 6.16. The summed E-state index contributed by atoms with van der Waals surface area (Å²) in [4.78, 5) is 4.83. The van der Waals surface area contributed by atoms with Crippen molar-refractivity contribution in [3.05, 3.63) is 30.1 Å². The van der Waals surface area contributed by atoms with Crippen LogP contribution in [-0.4, -0.2) is 15.1 Å². The fraction of sp³-hybridized carbons (Fsp3) is 0.533. The van der Waals surface area contributed by atoms with Gasteiger partial charge < -0.3 is 10.3 Å². The van der Waals surface area contributed by atoms with Crippen molar-refractivity contribution in [1.82, 2.24) is 9.55 Å². The van der Waals surface area contributed by atoms with Crippen LogP contribution in [0.3, 0.4) is 0 Å². The average Bonchev–Trinajstić information content (AvgIpc) is 2.53. The third-order valence-electron chi connectivity index (χ3n) is 3.72. The molecule has 1 fully saturated rings. The van der Waals surface area contributed by atoms with Crippen molar-refractivity contribution >= 4 is 11.0 Å². The van der Waals surface area contributed by atoms with Crippen molar-refractivity contribution in [2.24, 2.45) is 5.73 Å². The zero-order valence-corrected chi connectivity index (χ0v) is 11.2. The van der Waals surface area contributed by atoms with E-state index < -0.39 is 0 Å². The van der Waals surface area contributed by atoms with E-state index in [-0.39, 0.29) is 5.54 Å². The van der Waals surface area contributed by atoms with E-state index in [2.05, 4.69) is 42.7 Å². The highest BCUT2D eigenvalue weighted by atomic mass is 15.1. The maximum Gasteiger partial charge on any atom is 0.113 e. The predicted molar refractivity (Wildman–Crippen MR) is 74.6 cm³/mol. The van der Waals surface area contributed by atoms with Crippen molar-refractivity contribution in [2.75, 3.05) is 0 Å². The normalized spacial score (nSPS) is 17.1. The molecule has 0 saturated heterocycles. The maximum atomic E-state index is 6.20. The minimum Gasteiger partial charge on any atom is -0.326 e. The molecule has 1 aromatic heterocycles. The third-order valence-corrected chi connectivity index (χ3v) is 3.72. The Kier molecular flexibility index (Phi) is 2.67. The summed E-state index contributed by atoms with van der Waals surface area (Å²) < 4.78 is 2.33. The molecule has 96 valence electrons. The second kappa shape index (κ2) is 4.09. The molecule has 0 amide bonds. The zero-order chi connectivity index (χ0) is 12.8. The minimum atomic E-state index is -0.206. The molecule has 0 radical (unpaired) electrons. The van der Waals surface area contributed by atoms with E-state index in [1.807, 2.05) is 0 Å². The second-order valence-corrected chi connectivity index (χ2v) is 6.16. The number of rotatable bonds is 3. The number of imidazole rings is 1. The summed E-state index contributed by atoms with van der Waals surface area (Å²) in [6.07, 6.45) is 3.88. The Hall–Kier alpha value is -1.35. The van der Waals surface area contributed by atoms with Gasteiger partial charge in [-0.3, -0.25) is 0 Å². The molecule has 2 aromatic rings. The van der Waals surface area contributed by atoms with Gasteiger partial charge >= 0.3 is 0 Å². The third kappa shape index (κ3) is 2.03. The Balaban J connectivity index is 2.11. The molecule has 0 bridgehead atoms. The molecule has 0 aliphatic heterocycles. The Labute approximate surface area is 108 Å². The number of para-hydroxylation sites is 2. The molecular weight excluding hydrogens is 222 g/mol. The first-order valence-electron chi connectivity index (χ1n) is 6.79. The highest BCUT2D eigenvalue weighted by molar-refractivity contribution is 5.76. The lowest BCUT2D eigenvalue weighted by Crippen LogP contribution is -2.38. The summed E-state index contributed by atoms with van der Waals surface area (Å²) in [5.41, 5.74) is 8.31. The number of nitrogens with zero attached hydrogens (tertiary/aromatic N) is 2. The van der Waals surface area contributed by atoms with Crippen LogP contribution >= 0.6 is 0 Å². The number of benzene rings is 1. The van der Waals surface area contributed by atoms with Crippen LogP contribution in [0.1, 0.15) is 44.9 Å². The Morgan fingerprint density at radius 1 is 1.33 bits per heavy atom. The van der Waals surface area contributed by atoms with E-state index in [4.69, 9.17) is 10.7 Å². The van der Waals surface area contributed by atoms with Gasteiger partial charge in [0.2, 0.25) is 0 Å². The van der Waals surface area contributed by atoms with E-state index in [1.54, 1.807) is 0 Å². The van der Waals surface area contributed by atoms with Gasteiger partial charge in [0.05, 0.1) is 11.0 Å². The van der Waals surface area contributed by atoms with Gasteiger partial charge in [-0.05, 0) is 38.8 Å². The standard InChI is InChI=1S/C15H21N3/c1-15(2,16)10-18-13-9-4-3-8-12(13)17-14(18)11-6-5-7-11/h3-4,8-9,11H,5-7,10,16H2,1-2H3. The van der Waals surface area contributed by atoms with Gasteiger partial charge in [-0.2, -0.15) is 0 Å². The molecular formula is C15H21N3. The lowest BCUT2D eigenvalue weighted by molar-refractivity contribution is 0.365. The molecule has 0 unspecified atom stereocenters. The van der Waals surface area contributed by atoms with Gasteiger partial charge in [0, 0.05) is 18.0 Å². The molecule has 1 aliphatic carbocycles. The molecule has 1 saturated carbocycles. The minimum absolute atomic E-state index is 0.206. The van der Waals surface area contributed by atoms with Crippen molar-refractivity contribution in [3.8, 4) is 0 Å². The van der Waals surface area contributed by atoms with Gasteiger partial charge in [-0.1, -0.05) is 18.6 Å². The van der Waals surface area contributed by atoms with Crippen molar-refractivity contribution < 1.29 is 0 Å². The van der Waals surface area contributed by atoms with Crippen LogP contribution in [0.4, 0.5) is 0 Å². The largest absolute Gasteiger partial charge is 0.326 e. The first-order chi connectivity index (χ1) is 8.54. The SMILES string of the molecule is CC(C)(N)Cn1c(C2CCC2)nc2ccccc21. The lowest BCUT2D eigenvalue weighted by Gasteiger charge is -2.28. The number of hydrogen-bond acceptors (Lipinski definition) is 2. The fourth-order valence-corrected chi connectivity index (χ4v) is 2.65.